The highest BCUT2D eigenvalue weighted by molar-refractivity contribution is 5.14. The third-order valence-electron chi connectivity index (χ3n) is 4.19. The van der Waals surface area contributed by atoms with Crippen LogP contribution in [0.15, 0.2) is 46.1 Å². The van der Waals surface area contributed by atoms with Gasteiger partial charge in [-0.25, -0.2) is 9.68 Å². The second-order valence-corrected chi connectivity index (χ2v) is 6.17. The monoisotopic (exact) mass is 347 g/mol. The molecule has 1 aliphatic heterocycles. The lowest BCUT2D eigenvalue weighted by atomic mass is 10.2. The summed E-state index contributed by atoms with van der Waals surface area (Å²) in [5.74, 6) is 0. The van der Waals surface area contributed by atoms with Crippen LogP contribution in [0.25, 0.3) is 0 Å². The van der Waals surface area contributed by atoms with Crippen LogP contribution in [0.2, 0.25) is 0 Å². The van der Waals surface area contributed by atoms with Crippen molar-refractivity contribution in [1.29, 1.82) is 0 Å². The van der Waals surface area contributed by atoms with Gasteiger partial charge in [0.2, 0.25) is 0 Å². The summed E-state index contributed by atoms with van der Waals surface area (Å²) < 4.78 is 7.24. The number of nitrogens with one attached hydrogen (secondary N) is 1. The number of morpholine rings is 1. The highest BCUT2D eigenvalue weighted by Gasteiger charge is 2.30. The van der Waals surface area contributed by atoms with Crippen molar-refractivity contribution in [3.05, 3.63) is 68.5 Å². The zero-order chi connectivity index (χ0) is 17.8. The summed E-state index contributed by atoms with van der Waals surface area (Å²) in [6.07, 6.45) is 0.515. The molecule has 2 aromatic rings. The van der Waals surface area contributed by atoms with Gasteiger partial charge < -0.3 is 4.74 Å². The normalized spacial score (nSPS) is 21.4. The van der Waals surface area contributed by atoms with Crippen LogP contribution in [0.5, 0.6) is 0 Å². The number of hydrogen-bond acceptors (Lipinski definition) is 6. The average Bonchev–Trinajstić information content (AvgIpc) is 2.59. The molecule has 134 valence electrons. The van der Waals surface area contributed by atoms with Crippen LogP contribution in [0.1, 0.15) is 17.4 Å². The maximum absolute atomic E-state index is 12.1. The maximum atomic E-state index is 12.1. The fourth-order valence-electron chi connectivity index (χ4n) is 2.99. The molecule has 1 saturated heterocycles. The molecule has 1 aromatic carbocycles. The van der Waals surface area contributed by atoms with E-state index in [1.54, 1.807) is 6.92 Å². The Balaban J connectivity index is 1.84. The molecule has 0 amide bonds. The van der Waals surface area contributed by atoms with E-state index in [0.29, 0.717) is 25.2 Å². The molecular weight excluding hydrogens is 326 g/mol. The van der Waals surface area contributed by atoms with E-state index in [1.165, 1.54) is 10.8 Å². The average molecular weight is 347 g/mol. The van der Waals surface area contributed by atoms with Crippen molar-refractivity contribution in [3.8, 4) is 0 Å². The Hall–Kier alpha value is -2.26. The van der Waals surface area contributed by atoms with Crippen molar-refractivity contribution in [2.24, 2.45) is 0 Å². The first kappa shape index (κ1) is 17.6. The lowest BCUT2D eigenvalue weighted by Crippen LogP contribution is -2.49. The van der Waals surface area contributed by atoms with E-state index < -0.39 is 23.6 Å². The van der Waals surface area contributed by atoms with E-state index in [9.17, 15) is 9.59 Å². The largest absolute Gasteiger partial charge is 0.349 e. The smallest absolute Gasteiger partial charge is 0.330 e. The topological polar surface area (TPSA) is 96.8 Å². The number of hydrogen-bond donors (Lipinski definition) is 2. The Kier molecular flexibility index (Phi) is 5.44. The molecule has 8 heteroatoms. The fourth-order valence-corrected chi connectivity index (χ4v) is 2.99. The van der Waals surface area contributed by atoms with Gasteiger partial charge in [0.15, 0.2) is 6.23 Å². The number of H-pyrrole nitrogens is 1. The van der Waals surface area contributed by atoms with Gasteiger partial charge in [0.25, 0.3) is 5.56 Å². The first-order valence-electron chi connectivity index (χ1n) is 8.07. The fraction of sp³-hybridized carbons (Fsp3) is 0.412. The molecular formula is C17H21N3O5. The van der Waals surface area contributed by atoms with E-state index in [2.05, 4.69) is 14.8 Å². The van der Waals surface area contributed by atoms with Gasteiger partial charge in [-0.05, 0) is 12.5 Å². The second-order valence-electron chi connectivity index (χ2n) is 6.17. The number of aromatic amines is 1. The van der Waals surface area contributed by atoms with Crippen molar-refractivity contribution in [1.82, 2.24) is 14.5 Å². The molecule has 1 fully saturated rings. The zero-order valence-electron chi connectivity index (χ0n) is 13.9. The molecule has 0 radical (unpaired) electrons. The summed E-state index contributed by atoms with van der Waals surface area (Å²) in [5.41, 5.74) is 0.634. The molecule has 0 spiro atoms. The third kappa shape index (κ3) is 4.23. The van der Waals surface area contributed by atoms with Crippen molar-refractivity contribution < 1.29 is 14.9 Å². The highest BCUT2D eigenvalue weighted by Crippen LogP contribution is 2.20. The van der Waals surface area contributed by atoms with Crippen LogP contribution in [-0.2, 0) is 16.2 Å². The van der Waals surface area contributed by atoms with E-state index >= 15 is 0 Å². The maximum Gasteiger partial charge on any atom is 0.330 e. The van der Waals surface area contributed by atoms with Crippen LogP contribution in [0.4, 0.5) is 0 Å². The quantitative estimate of drug-likeness (QED) is 0.611. The summed E-state index contributed by atoms with van der Waals surface area (Å²) in [6, 6.07) is 9.95. The van der Waals surface area contributed by atoms with Crippen LogP contribution in [0, 0.1) is 6.92 Å². The van der Waals surface area contributed by atoms with Crippen molar-refractivity contribution in [2.45, 2.75) is 25.8 Å². The molecule has 0 saturated carbocycles. The van der Waals surface area contributed by atoms with Gasteiger partial charge in [0, 0.05) is 31.4 Å². The van der Waals surface area contributed by atoms with Crippen LogP contribution < -0.4 is 11.2 Å². The Morgan fingerprint density at radius 1 is 1.28 bits per heavy atom. The standard InChI is InChI=1S/C17H21N3O5/c1-12-7-20(17(22)18-16(12)21)15-10-19(9-14(25-15)11-24-23)8-13-5-3-2-4-6-13/h2-7,14-15,23H,8-11H2,1H3,(H,18,21,22). The molecule has 1 aliphatic rings. The van der Waals surface area contributed by atoms with E-state index in [-0.39, 0.29) is 6.61 Å². The summed E-state index contributed by atoms with van der Waals surface area (Å²) in [7, 11) is 0. The van der Waals surface area contributed by atoms with Crippen molar-refractivity contribution in [3.63, 3.8) is 0 Å². The molecule has 0 bridgehead atoms. The van der Waals surface area contributed by atoms with Gasteiger partial charge in [-0.3, -0.25) is 24.5 Å². The minimum atomic E-state index is -0.583. The molecule has 2 N–H and O–H groups in total. The van der Waals surface area contributed by atoms with Crippen molar-refractivity contribution in [2.75, 3.05) is 19.7 Å². The van der Waals surface area contributed by atoms with Gasteiger partial charge in [0.05, 0.1) is 6.10 Å². The lowest BCUT2D eigenvalue weighted by molar-refractivity contribution is -0.274. The van der Waals surface area contributed by atoms with Gasteiger partial charge in [-0.15, -0.1) is 0 Å². The highest BCUT2D eigenvalue weighted by atomic mass is 17.1. The minimum absolute atomic E-state index is 0.00112. The molecule has 25 heavy (non-hydrogen) atoms. The first-order valence-corrected chi connectivity index (χ1v) is 8.07. The first-order chi connectivity index (χ1) is 12.1. The number of rotatable bonds is 5. The van der Waals surface area contributed by atoms with Gasteiger partial charge in [0.1, 0.15) is 6.61 Å². The van der Waals surface area contributed by atoms with Gasteiger partial charge >= 0.3 is 5.69 Å². The number of ether oxygens (including phenoxy) is 1. The second kappa shape index (κ2) is 7.75. The number of aryl methyl sites for hydroxylation is 1. The van der Waals surface area contributed by atoms with E-state index in [4.69, 9.17) is 9.99 Å². The molecule has 1 aromatic heterocycles. The Labute approximate surface area is 144 Å². The minimum Gasteiger partial charge on any atom is -0.349 e. The summed E-state index contributed by atoms with van der Waals surface area (Å²) in [6.45, 7) is 3.34. The summed E-state index contributed by atoms with van der Waals surface area (Å²) in [5, 5.41) is 8.77. The Bertz CT molecular complexity index is 817. The predicted octanol–water partition coefficient (Wildman–Crippen LogP) is 0.734. The van der Waals surface area contributed by atoms with Gasteiger partial charge in [-0.1, -0.05) is 30.3 Å². The SMILES string of the molecule is Cc1cn(C2CN(Cc3ccccc3)CC(COO)O2)c(=O)[nH]c1=O. The van der Waals surface area contributed by atoms with Crippen LogP contribution in [0.3, 0.4) is 0 Å². The summed E-state index contributed by atoms with van der Waals surface area (Å²) >= 11 is 0. The van der Waals surface area contributed by atoms with Crippen LogP contribution >= 0.6 is 0 Å². The number of aromatic nitrogens is 2. The molecule has 2 heterocycles. The van der Waals surface area contributed by atoms with Crippen LogP contribution in [-0.4, -0.2) is 45.5 Å². The number of benzene rings is 1. The Morgan fingerprint density at radius 2 is 2.04 bits per heavy atom. The molecule has 0 aliphatic carbocycles. The van der Waals surface area contributed by atoms with Gasteiger partial charge in [-0.2, -0.15) is 0 Å². The molecule has 3 rings (SSSR count). The van der Waals surface area contributed by atoms with E-state index in [0.717, 1.165) is 5.56 Å². The lowest BCUT2D eigenvalue weighted by Gasteiger charge is -2.38. The molecule has 2 atom stereocenters. The predicted molar refractivity (Wildman–Crippen MR) is 90.3 cm³/mol. The van der Waals surface area contributed by atoms with Crippen molar-refractivity contribution >= 4 is 0 Å². The van der Waals surface area contributed by atoms with E-state index in [1.807, 2.05) is 30.3 Å². The summed E-state index contributed by atoms with van der Waals surface area (Å²) in [4.78, 5) is 32.4. The molecule has 8 nitrogen and oxygen atoms in total. The Morgan fingerprint density at radius 3 is 2.76 bits per heavy atom. The zero-order valence-corrected chi connectivity index (χ0v) is 13.9. The molecule has 2 unspecified atom stereocenters. The number of nitrogens with zero attached hydrogens (tertiary/aromatic N) is 2. The third-order valence-corrected chi connectivity index (χ3v) is 4.19.